The lowest BCUT2D eigenvalue weighted by molar-refractivity contribution is 0.0679. The average molecular weight is 971 g/mol. The minimum Gasteiger partial charge on any atom is -0.476 e. The van der Waals surface area contributed by atoms with Gasteiger partial charge in [0.1, 0.15) is 10.8 Å². The van der Waals surface area contributed by atoms with Crippen LogP contribution < -0.4 is 26.7 Å². The lowest BCUT2D eigenvalue weighted by Gasteiger charge is -2.30. The second kappa shape index (κ2) is 26.3. The number of aromatic nitrogens is 6. The number of halogens is 1. The summed E-state index contributed by atoms with van der Waals surface area (Å²) >= 11 is 8.54. The maximum absolute atomic E-state index is 12.6. The quantitative estimate of drug-likeness (QED) is 0.0295. The predicted octanol–water partition coefficient (Wildman–Crippen LogP) is 7.42. The van der Waals surface area contributed by atoms with Gasteiger partial charge < -0.3 is 36.9 Å². The van der Waals surface area contributed by atoms with Gasteiger partial charge in [-0.25, -0.2) is 39.5 Å². The van der Waals surface area contributed by atoms with Gasteiger partial charge in [-0.2, -0.15) is 0 Å². The first-order chi connectivity index (χ1) is 32.0. The number of nitrogen functional groups attached to an aromatic ring is 1. The van der Waals surface area contributed by atoms with Crippen LogP contribution in [0, 0.1) is 0 Å². The normalized spacial score (nSPS) is 17.1. The maximum Gasteiger partial charge on any atom is 0.356 e. The molecular weight excluding hydrogens is 918 g/mol. The smallest absolute Gasteiger partial charge is 0.356 e. The highest BCUT2D eigenvalue weighted by atomic mass is 35.5. The van der Waals surface area contributed by atoms with Crippen molar-refractivity contribution in [3.63, 3.8) is 0 Å². The number of hydrogen-bond donors (Lipinski definition) is 5. The second-order valence-corrected chi connectivity index (χ2v) is 17.4. The summed E-state index contributed by atoms with van der Waals surface area (Å²) in [6.07, 6.45) is 14.8. The molecule has 7 rings (SSSR count). The molecule has 0 bridgehead atoms. The number of carbonyl (C=O) groups is 3. The van der Waals surface area contributed by atoms with E-state index in [1.165, 1.54) is 24.8 Å². The lowest BCUT2D eigenvalue weighted by atomic mass is 9.88. The lowest BCUT2D eigenvalue weighted by Crippen LogP contribution is -2.28. The fourth-order valence-electron chi connectivity index (χ4n) is 5.91. The van der Waals surface area contributed by atoms with E-state index in [9.17, 15) is 14.4 Å². The summed E-state index contributed by atoms with van der Waals surface area (Å²) in [6.45, 7) is 12.3. The summed E-state index contributed by atoms with van der Waals surface area (Å²) < 4.78 is 10.6. The summed E-state index contributed by atoms with van der Waals surface area (Å²) in [5, 5.41) is 18.3. The van der Waals surface area contributed by atoms with E-state index < -0.39 is 11.9 Å². The van der Waals surface area contributed by atoms with Crippen molar-refractivity contribution in [3.8, 4) is 11.8 Å². The van der Waals surface area contributed by atoms with Crippen LogP contribution in [0.3, 0.4) is 0 Å². The third kappa shape index (κ3) is 17.4. The Morgan fingerprint density at radius 2 is 1.16 bits per heavy atom. The molecule has 0 radical (unpaired) electrons. The number of anilines is 1. The third-order valence-electron chi connectivity index (χ3n) is 9.56. The zero-order valence-corrected chi connectivity index (χ0v) is 39.3. The van der Waals surface area contributed by atoms with Crippen molar-refractivity contribution >= 4 is 68.9 Å². The highest BCUT2D eigenvalue weighted by molar-refractivity contribution is 8.14. The predicted molar refractivity (Wildman–Crippen MR) is 263 cm³/mol. The van der Waals surface area contributed by atoms with Crippen molar-refractivity contribution in [2.45, 2.75) is 57.0 Å². The topological polar surface area (TPSA) is 290 Å². The van der Waals surface area contributed by atoms with E-state index in [4.69, 9.17) is 48.5 Å². The Hall–Kier alpha value is -6.90. The molecule has 0 amide bonds. The Balaban J connectivity index is 0.000000212. The van der Waals surface area contributed by atoms with Crippen LogP contribution in [0.5, 0.6) is 11.8 Å². The Morgan fingerprint density at radius 1 is 0.687 bits per heavy atom. The summed E-state index contributed by atoms with van der Waals surface area (Å²) in [4.78, 5) is 65.1. The molecule has 8 N–H and O–H groups in total. The summed E-state index contributed by atoms with van der Waals surface area (Å²) in [5.41, 5.74) is 20.9. The number of nitrogens with zero attached hydrogens (tertiary/aromatic N) is 8. The number of thioether (sulfide) groups is 2. The van der Waals surface area contributed by atoms with Gasteiger partial charge in [0.05, 0.1) is 61.5 Å². The van der Waals surface area contributed by atoms with Crippen molar-refractivity contribution in [3.05, 3.63) is 150 Å². The molecule has 21 heteroatoms. The fraction of sp³-hybridized carbons (Fsp3) is 0.283. The van der Waals surface area contributed by atoms with E-state index in [-0.39, 0.29) is 39.8 Å². The van der Waals surface area contributed by atoms with Crippen molar-refractivity contribution in [1.29, 1.82) is 0 Å². The number of amidine groups is 2. The number of hydrogen-bond acceptors (Lipinski definition) is 18. The molecule has 5 heterocycles. The van der Waals surface area contributed by atoms with Crippen LogP contribution >= 0.6 is 35.1 Å². The van der Waals surface area contributed by atoms with Crippen LogP contribution in [0.4, 0.5) is 5.69 Å². The fourth-order valence-corrected chi connectivity index (χ4v) is 7.95. The van der Waals surface area contributed by atoms with E-state index in [1.807, 2.05) is 42.5 Å². The number of carboxylic acid groups (broad SMARTS) is 2. The van der Waals surface area contributed by atoms with Gasteiger partial charge in [-0.05, 0) is 68.4 Å². The van der Waals surface area contributed by atoms with Gasteiger partial charge in [-0.15, -0.1) is 13.2 Å². The number of rotatable bonds is 15. The van der Waals surface area contributed by atoms with Crippen LogP contribution in [-0.2, 0) is 17.5 Å². The van der Waals surface area contributed by atoms with E-state index in [1.54, 1.807) is 35.7 Å². The van der Waals surface area contributed by atoms with Gasteiger partial charge >= 0.3 is 11.9 Å². The monoisotopic (exact) mass is 969 g/mol. The van der Waals surface area contributed by atoms with Gasteiger partial charge in [-0.1, -0.05) is 83.7 Å². The van der Waals surface area contributed by atoms with Gasteiger partial charge in [0.15, 0.2) is 27.5 Å². The third-order valence-corrected chi connectivity index (χ3v) is 11.3. The molecule has 0 fully saturated rings. The number of ether oxygens (including phenoxy) is 2. The largest absolute Gasteiger partial charge is 0.476 e. The minimum absolute atomic E-state index is 0.0883. The Bertz CT molecular complexity index is 2520. The van der Waals surface area contributed by atoms with Gasteiger partial charge in [0, 0.05) is 23.6 Å². The molecule has 0 spiro atoms. The molecule has 2 aromatic carbocycles. The van der Waals surface area contributed by atoms with Crippen LogP contribution in [0.25, 0.3) is 0 Å². The number of aliphatic imine (C=N–C) groups is 2. The number of nitrogens with two attached hydrogens (primary N) is 3. The standard InChI is InChI=1S/C21H24N4O2S.C11H15N3S.C9H10N2O3.C5H3ClN2O2/c1-3-4-9-27-19-14-23-17(13-24-19)18(26)12-15-6-5-7-16(11-15)21(2)8-10-28-20(22)25-21;1-11(5-6-15-10(13)14-11)8-3-2-4-9(12)7-8;1-2-3-4-14-8-6-10-7(5-11-8)9(12)13;6-4-2-7-3(1-8-4)5(9)10/h3,5-7,11,13-14H,1,4,8-10,12H2,2H3,(H2,22,25);2-4,7H,5-6,12H2,1H3,(H2,13,14);2,5-6H,1,3-4H2,(H,12,13);1-2H,(H,9,10)/t21-;;;/m0.../s1. The highest BCUT2D eigenvalue weighted by Crippen LogP contribution is 2.36. The van der Waals surface area contributed by atoms with Crippen LogP contribution in [0.2, 0.25) is 5.15 Å². The molecule has 0 saturated carbocycles. The molecule has 352 valence electrons. The van der Waals surface area contributed by atoms with Crippen molar-refractivity contribution < 1.29 is 34.1 Å². The van der Waals surface area contributed by atoms with E-state index >= 15 is 0 Å². The molecule has 2 atom stereocenters. The Morgan fingerprint density at radius 3 is 1.60 bits per heavy atom. The molecule has 0 aliphatic carbocycles. The molecule has 2 aliphatic rings. The molecule has 2 aliphatic heterocycles. The number of benzene rings is 2. The number of carboxylic acids is 2. The Kier molecular flexibility index (Phi) is 20.7. The molecular formula is C46H52ClN11O7S2. The molecule has 0 saturated heterocycles. The van der Waals surface area contributed by atoms with E-state index in [2.05, 4.69) is 73.0 Å². The van der Waals surface area contributed by atoms with Gasteiger partial charge in [-0.3, -0.25) is 14.8 Å². The van der Waals surface area contributed by atoms with Crippen molar-refractivity contribution in [1.82, 2.24) is 29.9 Å². The second-order valence-electron chi connectivity index (χ2n) is 14.7. The SMILES string of the molecule is C=CCCOc1cnc(C(=O)Cc2cccc([C@]3(C)CCSC(N)=N3)c2)cn1.C=CCCOc1cnc(C(=O)O)cn1.CC1(c2cccc(N)c2)CCSC(N)=N1.O=C(O)c1cnc(Cl)cn1. The van der Waals surface area contributed by atoms with Gasteiger partial charge in [0.2, 0.25) is 11.8 Å². The summed E-state index contributed by atoms with van der Waals surface area (Å²) in [6, 6.07) is 15.9. The number of aromatic carboxylic acids is 2. The average Bonchev–Trinajstić information content (AvgIpc) is 3.30. The molecule has 5 aromatic rings. The maximum atomic E-state index is 12.6. The minimum atomic E-state index is -1.11. The number of carbonyl (C=O) groups excluding carboxylic acids is 1. The molecule has 18 nitrogen and oxygen atoms in total. The van der Waals surface area contributed by atoms with Crippen molar-refractivity contribution in [2.24, 2.45) is 21.5 Å². The number of Topliss-reactive ketones (excluding diaryl/α,β-unsaturated/α-hetero) is 1. The summed E-state index contributed by atoms with van der Waals surface area (Å²) in [7, 11) is 0. The molecule has 3 aromatic heterocycles. The first kappa shape index (κ1) is 52.7. The van der Waals surface area contributed by atoms with Crippen LogP contribution in [0.1, 0.15) is 87.7 Å². The van der Waals surface area contributed by atoms with E-state index in [0.29, 0.717) is 47.4 Å². The first-order valence-corrected chi connectivity index (χ1v) is 22.9. The molecule has 1 unspecified atom stereocenters. The Labute approximate surface area is 401 Å². The zero-order valence-electron chi connectivity index (χ0n) is 37.0. The summed E-state index contributed by atoms with van der Waals surface area (Å²) in [5.74, 6) is 0.372. The zero-order chi connectivity index (χ0) is 48.8. The highest BCUT2D eigenvalue weighted by Gasteiger charge is 2.30. The van der Waals surface area contributed by atoms with Crippen LogP contribution in [0.15, 0.2) is 121 Å². The van der Waals surface area contributed by atoms with Gasteiger partial charge in [0.25, 0.3) is 0 Å². The van der Waals surface area contributed by atoms with Crippen LogP contribution in [-0.4, -0.2) is 92.9 Å². The van der Waals surface area contributed by atoms with E-state index in [0.717, 1.165) is 65.5 Å². The molecule has 67 heavy (non-hydrogen) atoms. The number of ketones is 1. The van der Waals surface area contributed by atoms with Crippen molar-refractivity contribution in [2.75, 3.05) is 30.5 Å². The first-order valence-electron chi connectivity index (χ1n) is 20.5.